The summed E-state index contributed by atoms with van der Waals surface area (Å²) in [6, 6.07) is 7.56. The van der Waals surface area contributed by atoms with Crippen LogP contribution in [0.5, 0.6) is 0 Å². The van der Waals surface area contributed by atoms with Crippen LogP contribution in [0.1, 0.15) is 22.4 Å². The minimum absolute atomic E-state index is 0.229. The largest absolute Gasteiger partial charge is 0.448 e. The van der Waals surface area contributed by atoms with Crippen molar-refractivity contribution in [2.45, 2.75) is 20.0 Å². The molecule has 0 aliphatic heterocycles. The first kappa shape index (κ1) is 16.1. The fraction of sp³-hybridized carbons (Fsp3) is 0.188. The molecule has 1 N–H and O–H groups in total. The molecule has 124 valence electrons. The summed E-state index contributed by atoms with van der Waals surface area (Å²) in [6.07, 6.45) is -1.04. The lowest BCUT2D eigenvalue weighted by atomic mass is 10.2. The zero-order valence-electron chi connectivity index (χ0n) is 12.8. The second-order valence-corrected chi connectivity index (χ2v) is 6.21. The van der Waals surface area contributed by atoms with Crippen LogP contribution >= 0.6 is 11.3 Å². The summed E-state index contributed by atoms with van der Waals surface area (Å²) >= 11 is 1.11. The first-order valence-electron chi connectivity index (χ1n) is 7.07. The van der Waals surface area contributed by atoms with Gasteiger partial charge in [-0.2, -0.15) is 0 Å². The molecule has 24 heavy (non-hydrogen) atoms. The first-order valence-corrected chi connectivity index (χ1v) is 7.89. The molecular weight excluding hydrogens is 335 g/mol. The van der Waals surface area contributed by atoms with Crippen LogP contribution in [0.15, 0.2) is 34.9 Å². The van der Waals surface area contributed by atoms with E-state index in [1.165, 1.54) is 19.1 Å². The van der Waals surface area contributed by atoms with Crippen molar-refractivity contribution in [2.75, 3.05) is 5.32 Å². The van der Waals surface area contributed by atoms with Gasteiger partial charge in [-0.1, -0.05) is 11.2 Å². The van der Waals surface area contributed by atoms with Crippen LogP contribution in [0.3, 0.4) is 0 Å². The first-order chi connectivity index (χ1) is 11.4. The summed E-state index contributed by atoms with van der Waals surface area (Å²) in [7, 11) is 0. The van der Waals surface area contributed by atoms with Crippen LogP contribution < -0.4 is 5.32 Å². The summed E-state index contributed by atoms with van der Waals surface area (Å²) < 4.78 is 24.3. The minimum atomic E-state index is -1.04. The Hall–Kier alpha value is -2.74. The number of hydrogen-bond acceptors (Lipinski definition) is 6. The highest BCUT2D eigenvalue weighted by Gasteiger charge is 2.21. The van der Waals surface area contributed by atoms with Crippen molar-refractivity contribution >= 4 is 39.1 Å². The minimum Gasteiger partial charge on any atom is -0.448 e. The van der Waals surface area contributed by atoms with Gasteiger partial charge in [0.25, 0.3) is 5.91 Å². The Morgan fingerprint density at radius 1 is 1.38 bits per heavy atom. The quantitative estimate of drug-likeness (QED) is 0.730. The number of rotatable bonds is 4. The summed E-state index contributed by atoms with van der Waals surface area (Å²) in [6.45, 7) is 3.13. The molecule has 0 saturated heterocycles. The van der Waals surface area contributed by atoms with Gasteiger partial charge in [0.1, 0.15) is 16.5 Å². The monoisotopic (exact) mass is 348 g/mol. The highest BCUT2D eigenvalue weighted by atomic mass is 32.1. The van der Waals surface area contributed by atoms with Crippen LogP contribution in [0, 0.1) is 12.7 Å². The van der Waals surface area contributed by atoms with Gasteiger partial charge in [-0.05, 0) is 32.0 Å². The molecule has 0 aliphatic rings. The number of nitrogens with one attached hydrogen (secondary N) is 1. The van der Waals surface area contributed by atoms with E-state index in [1.54, 1.807) is 25.1 Å². The normalized spacial score (nSPS) is 12.1. The standard InChI is InChI=1S/C16H13FN2O4S/c1-8-6-14(19-23-8)18-15(20)9(2)22-16(21)13-7-10-11(17)4-3-5-12(10)24-13/h3-7,9H,1-2H3,(H,18,19,20). The molecule has 1 amide bonds. The summed E-state index contributed by atoms with van der Waals surface area (Å²) in [5, 5.41) is 6.46. The number of amides is 1. The number of anilines is 1. The van der Waals surface area contributed by atoms with Gasteiger partial charge < -0.3 is 14.6 Å². The number of hydrogen-bond donors (Lipinski definition) is 1. The number of ether oxygens (including phenoxy) is 1. The second-order valence-electron chi connectivity index (χ2n) is 5.12. The third-order valence-electron chi connectivity index (χ3n) is 3.24. The van der Waals surface area contributed by atoms with E-state index in [2.05, 4.69) is 10.5 Å². The Morgan fingerprint density at radius 2 is 2.17 bits per heavy atom. The van der Waals surface area contributed by atoms with Crippen LogP contribution in [-0.2, 0) is 9.53 Å². The topological polar surface area (TPSA) is 81.4 Å². The molecule has 1 atom stereocenters. The van der Waals surface area contributed by atoms with Crippen molar-refractivity contribution in [2.24, 2.45) is 0 Å². The van der Waals surface area contributed by atoms with Gasteiger partial charge in [0.15, 0.2) is 11.9 Å². The van der Waals surface area contributed by atoms with Gasteiger partial charge in [0, 0.05) is 16.2 Å². The van der Waals surface area contributed by atoms with Crippen molar-refractivity contribution in [3.63, 3.8) is 0 Å². The number of halogens is 1. The molecule has 0 bridgehead atoms. The fourth-order valence-electron chi connectivity index (χ4n) is 2.05. The van der Waals surface area contributed by atoms with Gasteiger partial charge in [-0.3, -0.25) is 4.79 Å². The summed E-state index contributed by atoms with van der Waals surface area (Å²) in [4.78, 5) is 24.4. The number of nitrogens with zero attached hydrogens (tertiary/aromatic N) is 1. The zero-order valence-corrected chi connectivity index (χ0v) is 13.6. The number of carbonyl (C=O) groups is 2. The summed E-state index contributed by atoms with van der Waals surface area (Å²) in [5.41, 5.74) is 0. The lowest BCUT2D eigenvalue weighted by molar-refractivity contribution is -0.123. The van der Waals surface area contributed by atoms with E-state index in [4.69, 9.17) is 9.26 Å². The summed E-state index contributed by atoms with van der Waals surface area (Å²) in [5.74, 6) is -0.847. The number of carbonyl (C=O) groups excluding carboxylic acids is 2. The van der Waals surface area contributed by atoms with Crippen molar-refractivity contribution in [1.29, 1.82) is 0 Å². The van der Waals surface area contributed by atoms with Crippen molar-refractivity contribution in [1.82, 2.24) is 5.16 Å². The molecule has 6 nitrogen and oxygen atoms in total. The highest BCUT2D eigenvalue weighted by molar-refractivity contribution is 7.20. The molecule has 0 fully saturated rings. The predicted octanol–water partition coefficient (Wildman–Crippen LogP) is 3.52. The maximum absolute atomic E-state index is 13.7. The highest BCUT2D eigenvalue weighted by Crippen LogP contribution is 2.28. The van der Waals surface area contributed by atoms with Gasteiger partial charge in [-0.15, -0.1) is 11.3 Å². The Labute approximate surface area is 140 Å². The average molecular weight is 348 g/mol. The molecule has 3 rings (SSSR count). The lowest BCUT2D eigenvalue weighted by Gasteiger charge is -2.11. The van der Waals surface area contributed by atoms with E-state index in [1.807, 2.05) is 0 Å². The van der Waals surface area contributed by atoms with Crippen LogP contribution in [0.2, 0.25) is 0 Å². The van der Waals surface area contributed by atoms with Crippen molar-refractivity contribution in [3.8, 4) is 0 Å². The molecule has 3 aromatic rings. The third-order valence-corrected chi connectivity index (χ3v) is 4.32. The number of aromatic nitrogens is 1. The average Bonchev–Trinajstić information content (AvgIpc) is 3.14. The van der Waals surface area contributed by atoms with Gasteiger partial charge in [0.2, 0.25) is 0 Å². The second kappa shape index (κ2) is 6.40. The molecule has 8 heteroatoms. The lowest BCUT2D eigenvalue weighted by Crippen LogP contribution is -2.29. The maximum atomic E-state index is 13.7. The number of fused-ring (bicyclic) bond motifs is 1. The maximum Gasteiger partial charge on any atom is 0.349 e. The molecule has 2 heterocycles. The Balaban J connectivity index is 1.68. The van der Waals surface area contributed by atoms with Gasteiger partial charge >= 0.3 is 5.97 Å². The van der Waals surface area contributed by atoms with E-state index >= 15 is 0 Å². The van der Waals surface area contributed by atoms with E-state index in [0.29, 0.717) is 15.8 Å². The molecule has 1 unspecified atom stereocenters. The molecule has 0 radical (unpaired) electrons. The van der Waals surface area contributed by atoms with Crippen LogP contribution in [-0.4, -0.2) is 23.1 Å². The van der Waals surface area contributed by atoms with Crippen molar-refractivity contribution in [3.05, 3.63) is 46.8 Å². The molecule has 2 aromatic heterocycles. The van der Waals surface area contributed by atoms with Crippen LogP contribution in [0.25, 0.3) is 10.1 Å². The van der Waals surface area contributed by atoms with E-state index in [-0.39, 0.29) is 10.7 Å². The Bertz CT molecular complexity index is 918. The van der Waals surface area contributed by atoms with Crippen molar-refractivity contribution < 1.29 is 23.2 Å². The van der Waals surface area contributed by atoms with Gasteiger partial charge in [0.05, 0.1) is 0 Å². The van der Waals surface area contributed by atoms with E-state index in [9.17, 15) is 14.0 Å². The Morgan fingerprint density at radius 3 is 2.83 bits per heavy atom. The smallest absolute Gasteiger partial charge is 0.349 e. The number of thiophene rings is 1. The molecule has 0 spiro atoms. The van der Waals surface area contributed by atoms with Crippen LogP contribution in [0.4, 0.5) is 10.2 Å². The predicted molar refractivity (Wildman–Crippen MR) is 86.5 cm³/mol. The number of esters is 1. The van der Waals surface area contributed by atoms with E-state index in [0.717, 1.165) is 11.3 Å². The molecule has 0 saturated carbocycles. The SMILES string of the molecule is Cc1cc(NC(=O)C(C)OC(=O)c2cc3c(F)cccc3s2)no1. The molecule has 1 aromatic carbocycles. The van der Waals surface area contributed by atoms with Gasteiger partial charge in [-0.25, -0.2) is 9.18 Å². The van der Waals surface area contributed by atoms with E-state index < -0.39 is 23.8 Å². The zero-order chi connectivity index (χ0) is 17.3. The number of benzene rings is 1. The fourth-order valence-corrected chi connectivity index (χ4v) is 3.01. The molecular formula is C16H13FN2O4S. The molecule has 0 aliphatic carbocycles. The number of aryl methyl sites for hydroxylation is 1. The Kier molecular flexibility index (Phi) is 4.30. The third kappa shape index (κ3) is 3.28.